The number of azo groups is 1. The Balaban J connectivity index is 1.84. The van der Waals surface area contributed by atoms with Crippen molar-refractivity contribution in [3.05, 3.63) is 82.4 Å². The summed E-state index contributed by atoms with van der Waals surface area (Å²) in [5.74, 6) is -1.78. The largest absolute Gasteiger partial charge is 0.506 e. The summed E-state index contributed by atoms with van der Waals surface area (Å²) in [4.78, 5) is 11.2. The summed E-state index contributed by atoms with van der Waals surface area (Å²) in [7, 11) is 0. The number of benzene rings is 3. The summed E-state index contributed by atoms with van der Waals surface area (Å²) in [6, 6.07) is 12.6. The minimum atomic E-state index is -4.59. The topological polar surface area (TPSA) is 107 Å². The third-order valence-corrected chi connectivity index (χ3v) is 6.25. The van der Waals surface area contributed by atoms with E-state index in [2.05, 4.69) is 10.2 Å². The number of phenolic OH excluding ortho intramolecular Hbond substituents is 1. The SMILES string of the molecule is CC/C(=C\c1ccc(N=Nc2c(O)n(-c3ccc(C)c(C)c3)c3cc(C(F)(F)F)ccc23)c(O)c1)C(=O)O. The Labute approximate surface area is 215 Å². The number of hydrogen-bond donors (Lipinski definition) is 3. The molecular weight excluding hydrogens is 499 g/mol. The standard InChI is InChI=1S/C28H24F3N3O4/c1-4-18(27(37)38)12-17-6-10-22(24(35)13-17)32-33-25-21-9-7-19(28(29,30)31)14-23(21)34(26(25)36)20-8-5-15(2)16(3)11-20/h5-14,35-36H,4H2,1-3H3,(H,37,38)/b18-12+,33-32?. The van der Waals surface area contributed by atoms with Crippen LogP contribution in [0.25, 0.3) is 22.7 Å². The molecule has 0 amide bonds. The molecule has 4 aromatic rings. The highest BCUT2D eigenvalue weighted by Gasteiger charge is 2.32. The van der Waals surface area contributed by atoms with Gasteiger partial charge in [0.25, 0.3) is 0 Å². The highest BCUT2D eigenvalue weighted by Crippen LogP contribution is 2.44. The Morgan fingerprint density at radius 2 is 1.71 bits per heavy atom. The van der Waals surface area contributed by atoms with Crippen molar-refractivity contribution in [2.75, 3.05) is 0 Å². The molecule has 0 spiro atoms. The van der Waals surface area contributed by atoms with E-state index in [1.807, 2.05) is 13.8 Å². The van der Waals surface area contributed by atoms with Gasteiger partial charge in [0, 0.05) is 16.6 Å². The van der Waals surface area contributed by atoms with Gasteiger partial charge in [0.2, 0.25) is 5.88 Å². The third kappa shape index (κ3) is 5.10. The lowest BCUT2D eigenvalue weighted by Crippen LogP contribution is -2.05. The smallest absolute Gasteiger partial charge is 0.416 e. The van der Waals surface area contributed by atoms with Gasteiger partial charge in [-0.1, -0.05) is 19.1 Å². The second kappa shape index (κ2) is 10.0. The van der Waals surface area contributed by atoms with Crippen molar-refractivity contribution in [3.8, 4) is 17.3 Å². The molecule has 1 heterocycles. The highest BCUT2D eigenvalue weighted by molar-refractivity contribution is 5.97. The zero-order valence-corrected chi connectivity index (χ0v) is 20.7. The summed E-state index contributed by atoms with van der Waals surface area (Å²) in [6.45, 7) is 5.44. The normalized spacial score (nSPS) is 12.5. The first-order chi connectivity index (χ1) is 17.9. The van der Waals surface area contributed by atoms with Crippen molar-refractivity contribution < 1.29 is 33.3 Å². The Bertz CT molecular complexity index is 1620. The molecule has 0 saturated heterocycles. The lowest BCUT2D eigenvalue weighted by molar-refractivity contribution is -0.137. The van der Waals surface area contributed by atoms with Crippen molar-refractivity contribution in [3.63, 3.8) is 0 Å². The Morgan fingerprint density at radius 3 is 2.32 bits per heavy atom. The van der Waals surface area contributed by atoms with Crippen LogP contribution in [-0.4, -0.2) is 25.9 Å². The average Bonchev–Trinajstić information content (AvgIpc) is 3.13. The molecule has 1 aromatic heterocycles. The Morgan fingerprint density at radius 1 is 0.974 bits per heavy atom. The van der Waals surface area contributed by atoms with Crippen LogP contribution in [0.3, 0.4) is 0 Å². The Kier molecular flexibility index (Phi) is 6.99. The van der Waals surface area contributed by atoms with Crippen molar-refractivity contribution in [2.24, 2.45) is 10.2 Å². The maximum absolute atomic E-state index is 13.5. The maximum atomic E-state index is 13.5. The van der Waals surface area contributed by atoms with E-state index in [1.54, 1.807) is 31.2 Å². The number of aliphatic carboxylic acids is 1. The molecule has 3 N–H and O–H groups in total. The Hall–Kier alpha value is -4.60. The average molecular weight is 524 g/mol. The van der Waals surface area contributed by atoms with Gasteiger partial charge in [-0.15, -0.1) is 10.2 Å². The lowest BCUT2D eigenvalue weighted by Gasteiger charge is -2.11. The van der Waals surface area contributed by atoms with Crippen LogP contribution < -0.4 is 0 Å². The van der Waals surface area contributed by atoms with Gasteiger partial charge in [0.1, 0.15) is 11.4 Å². The number of carboxylic acids is 1. The number of fused-ring (bicyclic) bond motifs is 1. The van der Waals surface area contributed by atoms with Crippen LogP contribution in [0.15, 0.2) is 70.4 Å². The molecule has 0 aliphatic carbocycles. The maximum Gasteiger partial charge on any atom is 0.416 e. The molecule has 38 heavy (non-hydrogen) atoms. The molecule has 0 aliphatic heterocycles. The number of halogens is 3. The van der Waals surface area contributed by atoms with E-state index >= 15 is 0 Å². The van der Waals surface area contributed by atoms with E-state index in [-0.39, 0.29) is 40.0 Å². The number of hydrogen-bond acceptors (Lipinski definition) is 5. The van der Waals surface area contributed by atoms with Crippen LogP contribution in [0.4, 0.5) is 24.5 Å². The van der Waals surface area contributed by atoms with Gasteiger partial charge in [-0.25, -0.2) is 4.79 Å². The van der Waals surface area contributed by atoms with Gasteiger partial charge in [-0.3, -0.25) is 4.57 Å². The number of aryl methyl sites for hydroxylation is 2. The van der Waals surface area contributed by atoms with E-state index in [0.29, 0.717) is 11.3 Å². The molecule has 4 rings (SSSR count). The van der Waals surface area contributed by atoms with Crippen LogP contribution in [0, 0.1) is 13.8 Å². The van der Waals surface area contributed by atoms with Crippen LogP contribution in [0.5, 0.6) is 11.6 Å². The second-order valence-electron chi connectivity index (χ2n) is 8.78. The first-order valence-electron chi connectivity index (χ1n) is 11.6. The van der Waals surface area contributed by atoms with Crippen LogP contribution in [0.2, 0.25) is 0 Å². The number of carboxylic acid groups (broad SMARTS) is 1. The molecule has 196 valence electrons. The molecule has 0 bridgehead atoms. The number of nitrogens with zero attached hydrogens (tertiary/aromatic N) is 3. The highest BCUT2D eigenvalue weighted by atomic mass is 19.4. The van der Waals surface area contributed by atoms with Crippen molar-refractivity contribution in [2.45, 2.75) is 33.4 Å². The molecule has 0 unspecified atom stereocenters. The number of alkyl halides is 3. The predicted molar refractivity (Wildman–Crippen MR) is 138 cm³/mol. The first kappa shape index (κ1) is 26.5. The molecule has 0 saturated carbocycles. The quantitative estimate of drug-likeness (QED) is 0.176. The molecule has 0 aliphatic rings. The zero-order chi connectivity index (χ0) is 27.8. The van der Waals surface area contributed by atoms with Gasteiger partial charge in [0.15, 0.2) is 5.69 Å². The minimum absolute atomic E-state index is 0.0221. The van der Waals surface area contributed by atoms with E-state index in [0.717, 1.165) is 23.3 Å². The molecule has 0 fully saturated rings. The monoisotopic (exact) mass is 523 g/mol. The van der Waals surface area contributed by atoms with E-state index in [1.165, 1.54) is 28.8 Å². The van der Waals surface area contributed by atoms with Crippen LogP contribution >= 0.6 is 0 Å². The van der Waals surface area contributed by atoms with Gasteiger partial charge < -0.3 is 15.3 Å². The number of aromatic nitrogens is 1. The molecule has 0 radical (unpaired) electrons. The van der Waals surface area contributed by atoms with Gasteiger partial charge in [-0.05, 0) is 85.5 Å². The fourth-order valence-electron chi connectivity index (χ4n) is 3.99. The van der Waals surface area contributed by atoms with Crippen molar-refractivity contribution in [1.29, 1.82) is 0 Å². The van der Waals surface area contributed by atoms with Gasteiger partial charge >= 0.3 is 12.1 Å². The van der Waals surface area contributed by atoms with E-state index in [4.69, 9.17) is 0 Å². The van der Waals surface area contributed by atoms with Gasteiger partial charge in [-0.2, -0.15) is 13.2 Å². The van der Waals surface area contributed by atoms with Crippen LogP contribution in [-0.2, 0) is 11.0 Å². The van der Waals surface area contributed by atoms with E-state index < -0.39 is 23.6 Å². The number of carbonyl (C=O) groups is 1. The molecule has 10 heteroatoms. The van der Waals surface area contributed by atoms with Crippen molar-refractivity contribution in [1.82, 2.24) is 4.57 Å². The number of phenols is 1. The second-order valence-corrected chi connectivity index (χ2v) is 8.78. The summed E-state index contributed by atoms with van der Waals surface area (Å²) >= 11 is 0. The van der Waals surface area contributed by atoms with Crippen molar-refractivity contribution >= 4 is 34.3 Å². The zero-order valence-electron chi connectivity index (χ0n) is 20.7. The number of rotatable bonds is 6. The summed E-state index contributed by atoms with van der Waals surface area (Å²) < 4.78 is 41.7. The third-order valence-electron chi connectivity index (χ3n) is 6.25. The summed E-state index contributed by atoms with van der Waals surface area (Å²) in [5, 5.41) is 39.0. The molecule has 0 atom stereocenters. The molecule has 7 nitrogen and oxygen atoms in total. The summed E-state index contributed by atoms with van der Waals surface area (Å²) in [6.07, 6.45) is -2.88. The lowest BCUT2D eigenvalue weighted by atomic mass is 10.1. The minimum Gasteiger partial charge on any atom is -0.506 e. The number of aromatic hydroxyl groups is 2. The first-order valence-corrected chi connectivity index (χ1v) is 11.6. The molecule has 3 aromatic carbocycles. The van der Waals surface area contributed by atoms with Crippen LogP contribution in [0.1, 0.15) is 35.6 Å². The fourth-order valence-corrected chi connectivity index (χ4v) is 3.99. The van der Waals surface area contributed by atoms with E-state index in [9.17, 15) is 33.3 Å². The predicted octanol–water partition coefficient (Wildman–Crippen LogP) is 7.97. The fraction of sp³-hybridized carbons (Fsp3) is 0.179. The van der Waals surface area contributed by atoms with Gasteiger partial charge in [0.05, 0.1) is 11.1 Å². The summed E-state index contributed by atoms with van der Waals surface area (Å²) in [5.41, 5.74) is 2.04. The molecular formula is C28H24F3N3O4.